The van der Waals surface area contributed by atoms with Crippen LogP contribution in [-0.2, 0) is 0 Å². The Hall–Kier alpha value is -7.63. The molecule has 5 nitrogen and oxygen atoms in total. The van der Waals surface area contributed by atoms with Crippen molar-refractivity contribution in [3.8, 4) is 67.3 Å². The van der Waals surface area contributed by atoms with E-state index in [1.807, 2.05) is 60.8 Å². The highest BCUT2D eigenvalue weighted by molar-refractivity contribution is 6.20. The lowest BCUT2D eigenvalue weighted by atomic mass is 9.92. The number of para-hydroxylation sites is 2. The van der Waals surface area contributed by atoms with E-state index in [1.54, 1.807) is 6.20 Å². The van der Waals surface area contributed by atoms with Crippen molar-refractivity contribution in [2.45, 2.75) is 0 Å². The molecule has 0 aliphatic carbocycles. The third-order valence-electron chi connectivity index (χ3n) is 10.6. The van der Waals surface area contributed by atoms with Crippen LogP contribution < -0.4 is 0 Å². The Kier molecular flexibility index (Phi) is 7.42. The summed E-state index contributed by atoms with van der Waals surface area (Å²) in [4.78, 5) is 14.7. The standard InChI is InChI=1S/C51H31N3O2/c1-2-12-33(13-3-1)43-30-44(38-16-5-4-15-36(38)35-14-11-29-52-31-35)54-51(53-43)34-25-23-32(24-26-34)37-27-28-40(50-49(37)42-18-7-9-21-46(42)56-50)39-19-10-22-47-48(39)41-17-6-8-20-45(41)55-47/h1-31H. The first-order chi connectivity index (χ1) is 27.8. The summed E-state index contributed by atoms with van der Waals surface area (Å²) in [5.41, 5.74) is 14.5. The van der Waals surface area contributed by atoms with Gasteiger partial charge >= 0.3 is 0 Å². The molecule has 0 saturated carbocycles. The number of aromatic nitrogens is 3. The molecule has 11 rings (SSSR count). The number of furan rings is 2. The predicted molar refractivity (Wildman–Crippen MR) is 227 cm³/mol. The predicted octanol–water partition coefficient (Wildman–Crippen LogP) is 13.7. The van der Waals surface area contributed by atoms with Crippen molar-refractivity contribution >= 4 is 43.9 Å². The molecule has 11 aromatic rings. The molecule has 0 fully saturated rings. The highest BCUT2D eigenvalue weighted by Gasteiger charge is 2.21. The Morgan fingerprint density at radius 2 is 0.982 bits per heavy atom. The lowest BCUT2D eigenvalue weighted by molar-refractivity contribution is 0.668. The molecule has 0 amide bonds. The first kappa shape index (κ1) is 31.9. The van der Waals surface area contributed by atoms with E-state index < -0.39 is 0 Å². The van der Waals surface area contributed by atoms with E-state index >= 15 is 0 Å². The molecule has 0 atom stereocenters. The topological polar surface area (TPSA) is 65.0 Å². The minimum absolute atomic E-state index is 0.656. The summed E-state index contributed by atoms with van der Waals surface area (Å²) in [5, 5.41) is 4.32. The van der Waals surface area contributed by atoms with Crippen LogP contribution in [0.5, 0.6) is 0 Å². The summed E-state index contributed by atoms with van der Waals surface area (Å²) in [7, 11) is 0. The summed E-state index contributed by atoms with van der Waals surface area (Å²) in [5.74, 6) is 0.656. The van der Waals surface area contributed by atoms with Gasteiger partial charge in [-0.2, -0.15) is 0 Å². The summed E-state index contributed by atoms with van der Waals surface area (Å²) >= 11 is 0. The van der Waals surface area contributed by atoms with Gasteiger partial charge in [0.25, 0.3) is 0 Å². The summed E-state index contributed by atoms with van der Waals surface area (Å²) in [6.07, 6.45) is 3.69. The van der Waals surface area contributed by atoms with Crippen LogP contribution in [0.25, 0.3) is 111 Å². The van der Waals surface area contributed by atoms with Gasteiger partial charge in [0.1, 0.15) is 22.3 Å². The van der Waals surface area contributed by atoms with Crippen molar-refractivity contribution in [1.82, 2.24) is 15.0 Å². The maximum atomic E-state index is 6.73. The Bertz CT molecular complexity index is 3240. The number of nitrogens with zero attached hydrogens (tertiary/aromatic N) is 3. The second-order valence-corrected chi connectivity index (χ2v) is 13.9. The number of hydrogen-bond acceptors (Lipinski definition) is 5. The number of hydrogen-bond donors (Lipinski definition) is 0. The molecule has 262 valence electrons. The van der Waals surface area contributed by atoms with Gasteiger partial charge in [0.2, 0.25) is 0 Å². The van der Waals surface area contributed by atoms with Gasteiger partial charge in [-0.05, 0) is 58.7 Å². The average Bonchev–Trinajstić information content (AvgIpc) is 3.86. The zero-order valence-corrected chi connectivity index (χ0v) is 30.1. The molecule has 7 aromatic carbocycles. The van der Waals surface area contributed by atoms with Gasteiger partial charge in [0, 0.05) is 61.8 Å². The lowest BCUT2D eigenvalue weighted by Gasteiger charge is -2.13. The molecule has 0 unspecified atom stereocenters. The molecule has 5 heteroatoms. The van der Waals surface area contributed by atoms with Crippen molar-refractivity contribution in [2.24, 2.45) is 0 Å². The fourth-order valence-electron chi connectivity index (χ4n) is 8.03. The minimum Gasteiger partial charge on any atom is -0.456 e. The van der Waals surface area contributed by atoms with Crippen LogP contribution in [0.4, 0.5) is 0 Å². The van der Waals surface area contributed by atoms with E-state index in [2.05, 4.69) is 126 Å². The number of fused-ring (bicyclic) bond motifs is 6. The van der Waals surface area contributed by atoms with E-state index in [4.69, 9.17) is 18.8 Å². The van der Waals surface area contributed by atoms with Crippen LogP contribution in [0.15, 0.2) is 197 Å². The molecule has 56 heavy (non-hydrogen) atoms. The molecular formula is C51H31N3O2. The number of pyridine rings is 1. The van der Waals surface area contributed by atoms with Crippen LogP contribution in [0, 0.1) is 0 Å². The van der Waals surface area contributed by atoms with Gasteiger partial charge in [0.05, 0.1) is 11.4 Å². The van der Waals surface area contributed by atoms with Crippen LogP contribution in [0.2, 0.25) is 0 Å². The van der Waals surface area contributed by atoms with Crippen molar-refractivity contribution in [2.75, 3.05) is 0 Å². The average molecular weight is 718 g/mol. The van der Waals surface area contributed by atoms with Gasteiger partial charge in [-0.15, -0.1) is 0 Å². The van der Waals surface area contributed by atoms with Crippen molar-refractivity contribution in [3.63, 3.8) is 0 Å². The summed E-state index contributed by atoms with van der Waals surface area (Å²) < 4.78 is 13.0. The smallest absolute Gasteiger partial charge is 0.160 e. The third kappa shape index (κ3) is 5.29. The quantitative estimate of drug-likeness (QED) is 0.171. The Morgan fingerprint density at radius 3 is 1.79 bits per heavy atom. The molecular weight excluding hydrogens is 687 g/mol. The van der Waals surface area contributed by atoms with E-state index in [0.717, 1.165) is 105 Å². The Balaban J connectivity index is 1.06. The third-order valence-corrected chi connectivity index (χ3v) is 10.6. The van der Waals surface area contributed by atoms with Crippen LogP contribution in [0.1, 0.15) is 0 Å². The molecule has 0 aliphatic rings. The highest BCUT2D eigenvalue weighted by Crippen LogP contribution is 2.45. The van der Waals surface area contributed by atoms with Crippen molar-refractivity contribution < 1.29 is 8.83 Å². The van der Waals surface area contributed by atoms with E-state index in [-0.39, 0.29) is 0 Å². The summed E-state index contributed by atoms with van der Waals surface area (Å²) in [6.45, 7) is 0. The van der Waals surface area contributed by atoms with Gasteiger partial charge in [-0.3, -0.25) is 4.98 Å². The molecule has 4 heterocycles. The Morgan fingerprint density at radius 1 is 0.357 bits per heavy atom. The van der Waals surface area contributed by atoms with E-state index in [0.29, 0.717) is 5.82 Å². The van der Waals surface area contributed by atoms with E-state index in [9.17, 15) is 0 Å². The maximum absolute atomic E-state index is 6.73. The normalized spacial score (nSPS) is 11.6. The van der Waals surface area contributed by atoms with Crippen LogP contribution in [0.3, 0.4) is 0 Å². The minimum atomic E-state index is 0.656. The molecule has 0 N–H and O–H groups in total. The van der Waals surface area contributed by atoms with Gasteiger partial charge in [0.15, 0.2) is 5.82 Å². The van der Waals surface area contributed by atoms with Crippen LogP contribution in [-0.4, -0.2) is 15.0 Å². The first-order valence-electron chi connectivity index (χ1n) is 18.7. The Labute approximate surface area is 322 Å². The lowest BCUT2D eigenvalue weighted by Crippen LogP contribution is -1.97. The van der Waals surface area contributed by atoms with Crippen molar-refractivity contribution in [1.29, 1.82) is 0 Å². The number of benzene rings is 7. The second-order valence-electron chi connectivity index (χ2n) is 13.9. The summed E-state index contributed by atoms with van der Waals surface area (Å²) in [6, 6.07) is 60.5. The zero-order chi connectivity index (χ0) is 37.0. The molecule has 0 bridgehead atoms. The van der Waals surface area contributed by atoms with E-state index in [1.165, 1.54) is 0 Å². The SMILES string of the molecule is c1ccc(-c2cc(-c3ccccc3-c3cccnc3)nc(-c3ccc(-c4ccc(-c5cccc6oc7ccccc7c56)c5oc6ccccc6c45)cc3)n2)cc1. The van der Waals surface area contributed by atoms with Crippen molar-refractivity contribution in [3.05, 3.63) is 188 Å². The zero-order valence-electron chi connectivity index (χ0n) is 30.1. The molecule has 4 aromatic heterocycles. The molecule has 0 radical (unpaired) electrons. The van der Waals surface area contributed by atoms with Crippen LogP contribution >= 0.6 is 0 Å². The first-order valence-corrected chi connectivity index (χ1v) is 18.7. The number of rotatable bonds is 6. The molecule has 0 spiro atoms. The van der Waals surface area contributed by atoms with Gasteiger partial charge < -0.3 is 8.83 Å². The fraction of sp³-hybridized carbons (Fsp3) is 0. The van der Waals surface area contributed by atoms with Gasteiger partial charge in [-0.1, -0.05) is 140 Å². The van der Waals surface area contributed by atoms with Gasteiger partial charge in [-0.25, -0.2) is 9.97 Å². The largest absolute Gasteiger partial charge is 0.456 e. The second kappa shape index (κ2) is 13.0. The molecule has 0 saturated heterocycles. The fourth-order valence-corrected chi connectivity index (χ4v) is 8.03. The molecule has 0 aliphatic heterocycles. The monoisotopic (exact) mass is 717 g/mol. The maximum Gasteiger partial charge on any atom is 0.160 e. The highest BCUT2D eigenvalue weighted by atomic mass is 16.3.